The third kappa shape index (κ3) is 26.4. The van der Waals surface area contributed by atoms with Gasteiger partial charge in [0.25, 0.3) is 17.7 Å². The van der Waals surface area contributed by atoms with Gasteiger partial charge in [0.2, 0.25) is 0 Å². The highest BCUT2D eigenvalue weighted by molar-refractivity contribution is 6.32. The number of quaternary nitrogens is 1. The van der Waals surface area contributed by atoms with Gasteiger partial charge in [0.15, 0.2) is 0 Å². The number of hydrogen-bond donors (Lipinski definition) is 4. The summed E-state index contributed by atoms with van der Waals surface area (Å²) in [6, 6.07) is 24.5. The summed E-state index contributed by atoms with van der Waals surface area (Å²) in [6.07, 6.45) is -13.9. The van der Waals surface area contributed by atoms with Crippen LogP contribution in [-0.2, 0) is 18.5 Å². The van der Waals surface area contributed by atoms with Crippen molar-refractivity contribution in [1.82, 2.24) is 9.80 Å². The second kappa shape index (κ2) is 37.2. The average molecular weight is 1450 g/mol. The number of carbonyl (C=O) groups is 3. The van der Waals surface area contributed by atoms with Crippen LogP contribution in [0.2, 0.25) is 15.1 Å². The van der Waals surface area contributed by atoms with E-state index in [1.807, 2.05) is 59.1 Å². The van der Waals surface area contributed by atoms with Gasteiger partial charge in [0, 0.05) is 30.2 Å². The third-order valence-corrected chi connectivity index (χ3v) is 12.7. The first-order valence-corrected chi connectivity index (χ1v) is 28.4. The fraction of sp³-hybridized carbons (Fsp3) is 0.371. The van der Waals surface area contributed by atoms with Gasteiger partial charge in [0.05, 0.1) is 84.9 Å². The van der Waals surface area contributed by atoms with Crippen LogP contribution in [0.5, 0.6) is 28.7 Å². The van der Waals surface area contributed by atoms with Crippen LogP contribution in [-0.4, -0.2) is 146 Å². The molecule has 0 saturated carbocycles. The molecule has 0 radical (unpaired) electrons. The number of aliphatic hydroxyl groups is 1. The van der Waals surface area contributed by atoms with E-state index in [1.165, 1.54) is 18.2 Å². The number of alkyl halides is 9. The second-order valence-electron chi connectivity index (χ2n) is 20.5. The lowest BCUT2D eigenvalue weighted by Crippen LogP contribution is -3.00. The number of amides is 3. The van der Waals surface area contributed by atoms with Gasteiger partial charge in [-0.15, -0.1) is 0 Å². The maximum absolute atomic E-state index is 13.1. The number of anilines is 3. The Hall–Kier alpha value is -6.46. The molecule has 4 N–H and O–H groups in total. The number of halogens is 13. The van der Waals surface area contributed by atoms with Crippen LogP contribution in [0.25, 0.3) is 0 Å². The minimum absolute atomic E-state index is 0. The molecule has 0 aliphatic rings. The summed E-state index contributed by atoms with van der Waals surface area (Å²) in [5.41, 5.74) is -1.99. The SMILES string of the molecule is CCOc1cccc(C)c1C(=O)Nc1ccc(Cl)c(C(F)(F)F)c1.CCOc1cccc(OCCN(C)C)c1C(=O)Nc1ccc(Cl)c(C(F)(F)F)c1.CCOc1cccc(OCC[N+](C)(C)C)c1C(=O)Nc1ccc(Cl)c(C(F)(F)F)c1.CN(C)CCO.[I-]. The molecule has 496 valence electrons. The summed E-state index contributed by atoms with van der Waals surface area (Å²) >= 11 is 16.9. The predicted octanol–water partition coefficient (Wildman–Crippen LogP) is 11.9. The van der Waals surface area contributed by atoms with Gasteiger partial charge in [-0.2, -0.15) is 39.5 Å². The molecule has 0 heterocycles. The molecule has 0 unspecified atom stereocenters. The van der Waals surface area contributed by atoms with Crippen LogP contribution in [0.4, 0.5) is 56.6 Å². The van der Waals surface area contributed by atoms with Crippen molar-refractivity contribution in [3.8, 4) is 28.7 Å². The number of rotatable bonds is 22. The van der Waals surface area contributed by atoms with Crippen molar-refractivity contribution in [1.29, 1.82) is 0 Å². The van der Waals surface area contributed by atoms with Crippen molar-refractivity contribution >= 4 is 69.6 Å². The molecule has 90 heavy (non-hydrogen) atoms. The smallest absolute Gasteiger partial charge is 0.417 e. The predicted molar refractivity (Wildman–Crippen MR) is 329 cm³/mol. The van der Waals surface area contributed by atoms with E-state index in [1.54, 1.807) is 82.3 Å². The number of likely N-dealkylation sites (N-methyl/N-ethyl adjacent to an activating group) is 3. The van der Waals surface area contributed by atoms with Crippen molar-refractivity contribution in [3.05, 3.63) is 163 Å². The number of ether oxygens (including phenoxy) is 5. The van der Waals surface area contributed by atoms with Gasteiger partial charge >= 0.3 is 18.5 Å². The summed E-state index contributed by atoms with van der Waals surface area (Å²) in [5.74, 6) is -0.344. The van der Waals surface area contributed by atoms with Gasteiger partial charge in [-0.05, 0) is 146 Å². The summed E-state index contributed by atoms with van der Waals surface area (Å²) in [4.78, 5) is 42.1. The molecule has 6 aromatic carbocycles. The minimum atomic E-state index is -4.64. The lowest BCUT2D eigenvalue weighted by molar-refractivity contribution is -0.870. The molecule has 15 nitrogen and oxygen atoms in total. The number of nitrogens with zero attached hydrogens (tertiary/aromatic N) is 3. The second-order valence-corrected chi connectivity index (χ2v) is 21.7. The zero-order valence-corrected chi connectivity index (χ0v) is 55.6. The topological polar surface area (TPSA) is 160 Å². The van der Waals surface area contributed by atoms with Crippen molar-refractivity contribution in [2.45, 2.75) is 46.2 Å². The molecule has 0 aliphatic heterocycles. The van der Waals surface area contributed by atoms with Crippen LogP contribution >= 0.6 is 34.8 Å². The molecule has 3 amide bonds. The van der Waals surface area contributed by atoms with Crippen LogP contribution in [0.1, 0.15) is 74.1 Å². The highest BCUT2D eigenvalue weighted by Gasteiger charge is 2.36. The van der Waals surface area contributed by atoms with Gasteiger partial charge in [-0.1, -0.05) is 59.1 Å². The lowest BCUT2D eigenvalue weighted by Gasteiger charge is -2.24. The minimum Gasteiger partial charge on any atom is -1.00 e. The van der Waals surface area contributed by atoms with E-state index in [0.717, 1.165) is 42.9 Å². The highest BCUT2D eigenvalue weighted by Crippen LogP contribution is 2.40. The van der Waals surface area contributed by atoms with Gasteiger partial charge in [0.1, 0.15) is 59.6 Å². The maximum Gasteiger partial charge on any atom is 0.417 e. The first-order chi connectivity index (χ1) is 41.6. The first-order valence-electron chi connectivity index (χ1n) is 27.3. The molecule has 0 bridgehead atoms. The Morgan fingerprint density at radius 3 is 1.07 bits per heavy atom. The lowest BCUT2D eigenvalue weighted by atomic mass is 10.1. The molecule has 6 rings (SSSR count). The molecule has 6 aromatic rings. The van der Waals surface area contributed by atoms with E-state index >= 15 is 0 Å². The highest BCUT2D eigenvalue weighted by atomic mass is 127. The van der Waals surface area contributed by atoms with E-state index in [9.17, 15) is 53.9 Å². The van der Waals surface area contributed by atoms with E-state index in [-0.39, 0.29) is 87.3 Å². The normalized spacial score (nSPS) is 11.3. The molecule has 0 spiro atoms. The number of aliphatic hydroxyl groups excluding tert-OH is 1. The number of hydrogen-bond acceptors (Lipinski definition) is 11. The Balaban J connectivity index is 0.000000439. The Labute approximate surface area is 550 Å². The Morgan fingerprint density at radius 2 is 0.778 bits per heavy atom. The molecule has 0 saturated heterocycles. The number of carbonyl (C=O) groups excluding carboxylic acids is 3. The van der Waals surface area contributed by atoms with Crippen LogP contribution in [0.3, 0.4) is 0 Å². The van der Waals surface area contributed by atoms with E-state index < -0.39 is 68.0 Å². The standard InChI is InChI=1S/C21H24ClF3N2O3.C20H22ClF3N2O3.C17H15ClF3NO2.C4H11NO.HI/c1-5-29-17-7-6-8-18(30-12-11-27(2,3)4)19(17)20(28)26-14-9-10-16(22)15(13-14)21(23,24)25;1-4-28-16-6-5-7-17(29-11-10-26(2)3)18(16)19(27)25-13-8-9-15(21)14(12-13)20(22,23)24;1-3-24-14-6-4-5-10(2)15(14)16(23)22-11-7-8-13(18)12(9-11)17(19,20)21;1-5(2)3-4-6;/h6-10,13H,5,11-12H2,1-4H3;5-9,12H,4,10-11H2,1-3H3,(H,25,27);4-9H,3H2,1-2H3,(H,22,23);6H,3-4H2,1-2H3;1H. The van der Waals surface area contributed by atoms with Crippen LogP contribution in [0.15, 0.2) is 109 Å². The Bertz CT molecular complexity index is 3280. The van der Waals surface area contributed by atoms with Crippen LogP contribution < -0.4 is 63.6 Å². The van der Waals surface area contributed by atoms with Gasteiger partial charge in [-0.25, -0.2) is 0 Å². The summed E-state index contributed by atoms with van der Waals surface area (Å²) < 4.78 is 146. The fourth-order valence-corrected chi connectivity index (χ4v) is 8.15. The van der Waals surface area contributed by atoms with Crippen LogP contribution in [0, 0.1) is 6.92 Å². The van der Waals surface area contributed by atoms with Crippen molar-refractivity contribution in [3.63, 3.8) is 0 Å². The molecule has 0 aliphatic carbocycles. The third-order valence-electron chi connectivity index (χ3n) is 11.7. The molecular formula is C62H73Cl3F9IN6O9. The largest absolute Gasteiger partial charge is 1.00 e. The van der Waals surface area contributed by atoms with E-state index in [4.69, 9.17) is 63.6 Å². The number of aryl methyl sites for hydroxylation is 1. The van der Waals surface area contributed by atoms with E-state index in [0.29, 0.717) is 61.9 Å². The average Bonchev–Trinajstić information content (AvgIpc) is 1.06. The molecule has 0 aromatic heterocycles. The quantitative estimate of drug-likeness (QED) is 0.0291. The van der Waals surface area contributed by atoms with Crippen molar-refractivity contribution < 1.29 is 111 Å². The molecule has 0 fully saturated rings. The molecule has 0 atom stereocenters. The zero-order valence-electron chi connectivity index (χ0n) is 51.2. The summed E-state index contributed by atoms with van der Waals surface area (Å²) in [5, 5.41) is 14.3. The zero-order chi connectivity index (χ0) is 67.0. The molecule has 28 heteroatoms. The number of benzene rings is 6. The monoisotopic (exact) mass is 1450 g/mol. The first kappa shape index (κ1) is 79.6. The van der Waals surface area contributed by atoms with Gasteiger partial charge < -0.3 is 83.0 Å². The van der Waals surface area contributed by atoms with E-state index in [2.05, 4.69) is 16.0 Å². The Morgan fingerprint density at radius 1 is 0.478 bits per heavy atom. The maximum atomic E-state index is 13.1. The van der Waals surface area contributed by atoms with Crippen molar-refractivity contribution in [2.24, 2.45) is 0 Å². The summed E-state index contributed by atoms with van der Waals surface area (Å²) in [6.45, 7) is 11.0. The van der Waals surface area contributed by atoms with Crippen molar-refractivity contribution in [2.75, 3.05) is 125 Å². The fourth-order valence-electron chi connectivity index (χ4n) is 7.48. The summed E-state index contributed by atoms with van der Waals surface area (Å²) in [7, 11) is 13.6. The Kier molecular flexibility index (Phi) is 32.9. The van der Waals surface area contributed by atoms with Gasteiger partial charge in [-0.3, -0.25) is 14.4 Å². The number of nitrogens with one attached hydrogen (secondary N) is 3. The molecular weight excluding hydrogens is 1380 g/mol.